The van der Waals surface area contributed by atoms with Gasteiger partial charge in [-0.25, -0.2) is 4.79 Å². The van der Waals surface area contributed by atoms with E-state index >= 15 is 0 Å². The summed E-state index contributed by atoms with van der Waals surface area (Å²) in [4.78, 5) is 35.9. The lowest BCUT2D eigenvalue weighted by Crippen LogP contribution is -2.49. The lowest BCUT2D eigenvalue weighted by molar-refractivity contribution is -0.142. The summed E-state index contributed by atoms with van der Waals surface area (Å²) >= 11 is 0. The minimum atomic E-state index is -0.778. The highest BCUT2D eigenvalue weighted by Gasteiger charge is 2.30. The molecule has 3 N–H and O–H groups in total. The summed E-state index contributed by atoms with van der Waals surface area (Å²) in [5.74, 6) is -1.45. The van der Waals surface area contributed by atoms with E-state index in [1.807, 2.05) is 24.3 Å². The molecule has 2 aliphatic carbocycles. The van der Waals surface area contributed by atoms with Crippen LogP contribution in [0.4, 0.5) is 4.79 Å². The van der Waals surface area contributed by atoms with Gasteiger partial charge in [0.1, 0.15) is 12.6 Å². The molecule has 4 rings (SSSR count). The van der Waals surface area contributed by atoms with Crippen molar-refractivity contribution in [1.82, 2.24) is 10.6 Å². The zero-order valence-corrected chi connectivity index (χ0v) is 18.0. The van der Waals surface area contributed by atoms with E-state index in [9.17, 15) is 14.4 Å². The molecule has 0 radical (unpaired) electrons. The number of carboxylic acid groups (broad SMARTS) is 1. The second-order valence-electron chi connectivity index (χ2n) is 8.59. The van der Waals surface area contributed by atoms with E-state index in [4.69, 9.17) is 9.84 Å². The molecule has 1 saturated carbocycles. The summed E-state index contributed by atoms with van der Waals surface area (Å²) in [6.45, 7) is 1.80. The second kappa shape index (κ2) is 9.42. The third-order valence-corrected chi connectivity index (χ3v) is 6.49. The average molecular weight is 437 g/mol. The van der Waals surface area contributed by atoms with Gasteiger partial charge in [-0.05, 0) is 54.9 Å². The Morgan fingerprint density at radius 1 is 0.969 bits per heavy atom. The van der Waals surface area contributed by atoms with Gasteiger partial charge >= 0.3 is 12.1 Å². The summed E-state index contributed by atoms with van der Waals surface area (Å²) in [5, 5.41) is 14.6. The van der Waals surface area contributed by atoms with E-state index in [0.29, 0.717) is 25.7 Å². The number of carbonyl (C=O) groups excluding carboxylic acids is 2. The Hall–Kier alpha value is -3.35. The van der Waals surface area contributed by atoms with Gasteiger partial charge in [0.2, 0.25) is 5.91 Å². The Balaban J connectivity index is 1.28. The molecule has 0 heterocycles. The van der Waals surface area contributed by atoms with Gasteiger partial charge in [-0.15, -0.1) is 0 Å². The SMILES string of the molecule is C[C@H](NC(=O)OCC1c2ccccc2-c2ccccc21)C(=O)NC1CCC(C(=O)O)CC1. The quantitative estimate of drug-likeness (QED) is 0.641. The van der Waals surface area contributed by atoms with Crippen LogP contribution in [-0.2, 0) is 14.3 Å². The van der Waals surface area contributed by atoms with Gasteiger partial charge in [0.25, 0.3) is 0 Å². The maximum Gasteiger partial charge on any atom is 0.407 e. The minimum absolute atomic E-state index is 0.0401. The highest BCUT2D eigenvalue weighted by atomic mass is 16.5. The fourth-order valence-corrected chi connectivity index (χ4v) is 4.69. The third kappa shape index (κ3) is 4.61. The average Bonchev–Trinajstić information content (AvgIpc) is 3.12. The van der Waals surface area contributed by atoms with Crippen LogP contribution in [0.25, 0.3) is 11.1 Å². The van der Waals surface area contributed by atoms with Crippen molar-refractivity contribution in [3.63, 3.8) is 0 Å². The van der Waals surface area contributed by atoms with Crippen LogP contribution < -0.4 is 10.6 Å². The summed E-state index contributed by atoms with van der Waals surface area (Å²) in [6.07, 6.45) is 1.72. The molecule has 0 bridgehead atoms. The smallest absolute Gasteiger partial charge is 0.407 e. The molecule has 2 aliphatic rings. The molecule has 1 fully saturated rings. The number of carboxylic acids is 1. The number of benzene rings is 2. The number of ether oxygens (including phenoxy) is 1. The molecule has 0 spiro atoms. The van der Waals surface area contributed by atoms with Crippen LogP contribution in [0.2, 0.25) is 0 Å². The zero-order valence-electron chi connectivity index (χ0n) is 18.0. The monoisotopic (exact) mass is 436 g/mol. The van der Waals surface area contributed by atoms with Crippen molar-refractivity contribution in [2.24, 2.45) is 5.92 Å². The molecule has 2 aromatic rings. The largest absolute Gasteiger partial charge is 0.481 e. The van der Waals surface area contributed by atoms with Crippen LogP contribution in [0.5, 0.6) is 0 Å². The Morgan fingerprint density at radius 2 is 1.53 bits per heavy atom. The number of hydrogen-bond acceptors (Lipinski definition) is 4. The molecule has 32 heavy (non-hydrogen) atoms. The zero-order chi connectivity index (χ0) is 22.7. The number of nitrogens with one attached hydrogen (secondary N) is 2. The molecule has 7 heteroatoms. The van der Waals surface area contributed by atoms with Crippen molar-refractivity contribution in [1.29, 1.82) is 0 Å². The van der Waals surface area contributed by atoms with Gasteiger partial charge in [-0.3, -0.25) is 9.59 Å². The number of rotatable bonds is 6. The summed E-state index contributed by atoms with van der Waals surface area (Å²) in [6, 6.07) is 15.4. The topological polar surface area (TPSA) is 105 Å². The van der Waals surface area contributed by atoms with E-state index in [0.717, 1.165) is 22.3 Å². The van der Waals surface area contributed by atoms with Crippen molar-refractivity contribution in [3.05, 3.63) is 59.7 Å². The number of amides is 2. The first kappa shape index (κ1) is 21.9. The van der Waals surface area contributed by atoms with Gasteiger partial charge in [0, 0.05) is 12.0 Å². The Bertz CT molecular complexity index is 967. The Kier molecular flexibility index (Phi) is 6.44. The summed E-state index contributed by atoms with van der Waals surface area (Å²) in [7, 11) is 0. The molecule has 7 nitrogen and oxygen atoms in total. The molecule has 0 saturated heterocycles. The first-order valence-corrected chi connectivity index (χ1v) is 11.1. The molecule has 2 amide bonds. The standard InChI is InChI=1S/C25H28N2O5/c1-15(23(28)27-17-12-10-16(11-13-17)24(29)30)26-25(31)32-14-22-20-8-4-2-6-18(20)19-7-3-5-9-21(19)22/h2-9,15-17,22H,10-14H2,1H3,(H,26,31)(H,27,28)(H,29,30)/t15-,16?,17?/m0/s1. The number of carbonyl (C=O) groups is 3. The van der Waals surface area contributed by atoms with E-state index < -0.39 is 18.1 Å². The van der Waals surface area contributed by atoms with Crippen molar-refractivity contribution in [2.75, 3.05) is 6.61 Å². The highest BCUT2D eigenvalue weighted by Crippen LogP contribution is 2.44. The van der Waals surface area contributed by atoms with Crippen molar-refractivity contribution in [2.45, 2.75) is 50.6 Å². The van der Waals surface area contributed by atoms with Crippen molar-refractivity contribution >= 4 is 18.0 Å². The van der Waals surface area contributed by atoms with Crippen molar-refractivity contribution < 1.29 is 24.2 Å². The maximum atomic E-state index is 12.5. The predicted octanol–water partition coefficient (Wildman–Crippen LogP) is 3.67. The minimum Gasteiger partial charge on any atom is -0.481 e. The van der Waals surface area contributed by atoms with Crippen LogP contribution in [-0.4, -0.2) is 41.8 Å². The van der Waals surface area contributed by atoms with Gasteiger partial charge < -0.3 is 20.5 Å². The molecule has 0 aliphatic heterocycles. The number of hydrogen-bond donors (Lipinski definition) is 3. The first-order valence-electron chi connectivity index (χ1n) is 11.1. The van der Waals surface area contributed by atoms with E-state index in [2.05, 4.69) is 34.9 Å². The van der Waals surface area contributed by atoms with E-state index in [1.165, 1.54) is 0 Å². The van der Waals surface area contributed by atoms with E-state index in [1.54, 1.807) is 6.92 Å². The number of alkyl carbamates (subject to hydrolysis) is 1. The lowest BCUT2D eigenvalue weighted by Gasteiger charge is -2.28. The fourth-order valence-electron chi connectivity index (χ4n) is 4.69. The highest BCUT2D eigenvalue weighted by molar-refractivity contribution is 5.85. The van der Waals surface area contributed by atoms with Crippen LogP contribution >= 0.6 is 0 Å². The number of fused-ring (bicyclic) bond motifs is 3. The number of aliphatic carboxylic acids is 1. The summed E-state index contributed by atoms with van der Waals surface area (Å²) in [5.41, 5.74) is 4.57. The normalized spacial score (nSPS) is 20.5. The van der Waals surface area contributed by atoms with E-state index in [-0.39, 0.29) is 30.4 Å². The van der Waals surface area contributed by atoms with Crippen LogP contribution in [0.15, 0.2) is 48.5 Å². The fraction of sp³-hybridized carbons (Fsp3) is 0.400. The molecule has 168 valence electrons. The third-order valence-electron chi connectivity index (χ3n) is 6.49. The molecule has 1 atom stereocenters. The predicted molar refractivity (Wildman–Crippen MR) is 119 cm³/mol. The van der Waals surface area contributed by atoms with Gasteiger partial charge in [0.05, 0.1) is 5.92 Å². The molecular weight excluding hydrogens is 408 g/mol. The Labute approximate surface area is 187 Å². The Morgan fingerprint density at radius 3 is 2.09 bits per heavy atom. The van der Waals surface area contributed by atoms with Crippen LogP contribution in [0.1, 0.15) is 49.7 Å². The van der Waals surface area contributed by atoms with Crippen LogP contribution in [0, 0.1) is 5.92 Å². The molecular formula is C25H28N2O5. The molecule has 0 aromatic heterocycles. The van der Waals surface area contributed by atoms with Gasteiger partial charge in [-0.1, -0.05) is 48.5 Å². The van der Waals surface area contributed by atoms with Crippen LogP contribution in [0.3, 0.4) is 0 Å². The first-order chi connectivity index (χ1) is 15.4. The molecule has 2 aromatic carbocycles. The lowest BCUT2D eigenvalue weighted by atomic mass is 9.86. The second-order valence-corrected chi connectivity index (χ2v) is 8.59. The summed E-state index contributed by atoms with van der Waals surface area (Å²) < 4.78 is 5.50. The van der Waals surface area contributed by atoms with Gasteiger partial charge in [0.15, 0.2) is 0 Å². The van der Waals surface area contributed by atoms with Crippen molar-refractivity contribution in [3.8, 4) is 11.1 Å². The maximum absolute atomic E-state index is 12.5. The van der Waals surface area contributed by atoms with Gasteiger partial charge in [-0.2, -0.15) is 0 Å². The molecule has 0 unspecified atom stereocenters.